The molecule has 0 aliphatic rings. The van der Waals surface area contributed by atoms with Crippen molar-refractivity contribution in [3.05, 3.63) is 53.4 Å². The van der Waals surface area contributed by atoms with Gasteiger partial charge in [-0.1, -0.05) is 6.07 Å². The Bertz CT molecular complexity index is 1170. The fourth-order valence-corrected chi connectivity index (χ4v) is 3.60. The molecule has 0 fully saturated rings. The van der Waals surface area contributed by atoms with Crippen molar-refractivity contribution in [3.8, 4) is 16.3 Å². The van der Waals surface area contributed by atoms with E-state index in [1.807, 2.05) is 0 Å². The molecule has 1 amide bonds. The molecule has 2 heterocycles. The lowest BCUT2D eigenvalue weighted by Crippen LogP contribution is -2.23. The smallest absolute Gasteiger partial charge is 0.418 e. The number of halogens is 7. The summed E-state index contributed by atoms with van der Waals surface area (Å²) < 4.78 is 78.8. The molecule has 0 radical (unpaired) electrons. The average Bonchev–Trinajstić information content (AvgIpc) is 3.21. The molecule has 0 saturated carbocycles. The van der Waals surface area contributed by atoms with E-state index in [0.29, 0.717) is 6.07 Å². The molecule has 3 rings (SSSR count). The Morgan fingerprint density at radius 1 is 1.26 bits per heavy atom. The first-order valence-corrected chi connectivity index (χ1v) is 10.8. The van der Waals surface area contributed by atoms with Crippen molar-refractivity contribution in [3.63, 3.8) is 0 Å². The number of rotatable bonds is 8. The number of aromatic nitrogens is 2. The molecule has 5 N–H and O–H groups in total. The molecular formula is C20H18Cl2F5N5O2S. The van der Waals surface area contributed by atoms with Crippen molar-refractivity contribution in [2.75, 3.05) is 30.1 Å². The van der Waals surface area contributed by atoms with Crippen LogP contribution in [-0.4, -0.2) is 34.3 Å². The van der Waals surface area contributed by atoms with Gasteiger partial charge < -0.3 is 21.5 Å². The van der Waals surface area contributed by atoms with Crippen molar-refractivity contribution in [2.24, 2.45) is 11.7 Å². The van der Waals surface area contributed by atoms with Crippen molar-refractivity contribution in [2.45, 2.75) is 6.18 Å². The summed E-state index contributed by atoms with van der Waals surface area (Å²) in [5.41, 5.74) is 6.32. The number of ether oxygens (including phenoxy) is 1. The van der Waals surface area contributed by atoms with Crippen molar-refractivity contribution < 1.29 is 31.5 Å². The molecule has 0 saturated heterocycles. The maximum absolute atomic E-state index is 14.3. The number of hydrogen-bond acceptors (Lipinski definition) is 7. The standard InChI is InChI=1S/C20H17ClF5N5O2S.ClH/c21-5-9(6-27)8-33-19-14(7-29-34-19)30-18(32)17-13(28)4-10(20(24,25)26)16(31-17)15-11(22)2-1-3-12(15)23;/h1-4,7,9H,5-6,8,27-28H2,(H,30,32);1H. The van der Waals surface area contributed by atoms with E-state index in [2.05, 4.69) is 14.7 Å². The van der Waals surface area contributed by atoms with Gasteiger partial charge in [-0.25, -0.2) is 13.8 Å². The van der Waals surface area contributed by atoms with Crippen LogP contribution < -0.4 is 21.5 Å². The zero-order chi connectivity index (χ0) is 25.0. The number of nitrogen functional groups attached to an aromatic ring is 1. The summed E-state index contributed by atoms with van der Waals surface area (Å²) in [5, 5.41) is 2.57. The highest BCUT2D eigenvalue weighted by atomic mass is 35.5. The zero-order valence-corrected chi connectivity index (χ0v) is 19.9. The van der Waals surface area contributed by atoms with Gasteiger partial charge in [-0.2, -0.15) is 17.5 Å². The summed E-state index contributed by atoms with van der Waals surface area (Å²) in [6, 6.07) is 2.93. The van der Waals surface area contributed by atoms with Crippen LogP contribution in [0.3, 0.4) is 0 Å². The Labute approximate surface area is 211 Å². The molecule has 0 aliphatic heterocycles. The van der Waals surface area contributed by atoms with Crippen molar-refractivity contribution in [1.29, 1.82) is 0 Å². The van der Waals surface area contributed by atoms with Gasteiger partial charge in [-0.3, -0.25) is 4.79 Å². The number of pyridine rings is 1. The van der Waals surface area contributed by atoms with E-state index in [-0.39, 0.29) is 48.1 Å². The molecule has 1 unspecified atom stereocenters. The molecule has 0 spiro atoms. The number of amides is 1. The number of nitrogens with zero attached hydrogens (tertiary/aromatic N) is 2. The van der Waals surface area contributed by atoms with Crippen LogP contribution in [-0.2, 0) is 6.18 Å². The third-order valence-corrected chi connectivity index (χ3v) is 5.71. The highest BCUT2D eigenvalue weighted by molar-refractivity contribution is 7.08. The summed E-state index contributed by atoms with van der Waals surface area (Å²) in [5.74, 6) is -3.56. The molecule has 1 atom stereocenters. The Morgan fingerprint density at radius 3 is 2.49 bits per heavy atom. The lowest BCUT2D eigenvalue weighted by Gasteiger charge is -2.16. The Kier molecular flexibility index (Phi) is 9.60. The fourth-order valence-electron chi connectivity index (χ4n) is 2.81. The van der Waals surface area contributed by atoms with Gasteiger partial charge in [0.2, 0.25) is 5.06 Å². The van der Waals surface area contributed by atoms with Crippen LogP contribution in [0.15, 0.2) is 30.5 Å². The van der Waals surface area contributed by atoms with Crippen LogP contribution in [0, 0.1) is 17.6 Å². The van der Waals surface area contributed by atoms with Gasteiger partial charge in [0.25, 0.3) is 5.91 Å². The molecule has 35 heavy (non-hydrogen) atoms. The largest absolute Gasteiger partial charge is 0.481 e. The summed E-state index contributed by atoms with van der Waals surface area (Å²) in [4.78, 5) is 16.4. The maximum atomic E-state index is 14.3. The second-order valence-corrected chi connectivity index (χ2v) is 8.04. The highest BCUT2D eigenvalue weighted by Crippen LogP contribution is 2.40. The molecular weight excluding hydrogens is 540 g/mol. The van der Waals surface area contributed by atoms with E-state index >= 15 is 0 Å². The van der Waals surface area contributed by atoms with Crippen LogP contribution in [0.4, 0.5) is 33.3 Å². The molecule has 190 valence electrons. The molecule has 7 nitrogen and oxygen atoms in total. The Hall–Kier alpha value is -2.74. The van der Waals surface area contributed by atoms with Crippen molar-refractivity contribution in [1.82, 2.24) is 9.36 Å². The predicted molar refractivity (Wildman–Crippen MR) is 125 cm³/mol. The van der Waals surface area contributed by atoms with Gasteiger partial charge >= 0.3 is 6.18 Å². The minimum absolute atomic E-state index is 0. The quantitative estimate of drug-likeness (QED) is 0.266. The molecule has 3 aromatic rings. The van der Waals surface area contributed by atoms with E-state index in [1.165, 1.54) is 6.20 Å². The number of nitrogens with two attached hydrogens (primary N) is 2. The second-order valence-electron chi connectivity index (χ2n) is 6.96. The van der Waals surface area contributed by atoms with Gasteiger partial charge in [-0.15, -0.1) is 24.0 Å². The van der Waals surface area contributed by atoms with E-state index in [4.69, 9.17) is 27.8 Å². The topological polar surface area (TPSA) is 116 Å². The highest BCUT2D eigenvalue weighted by Gasteiger charge is 2.37. The molecule has 2 aromatic heterocycles. The number of carbonyl (C=O) groups excluding carboxylic acids is 1. The van der Waals surface area contributed by atoms with Gasteiger partial charge in [-0.05, 0) is 24.7 Å². The lowest BCUT2D eigenvalue weighted by atomic mass is 10.0. The number of hydrogen-bond donors (Lipinski definition) is 3. The van der Waals surface area contributed by atoms with E-state index < -0.39 is 51.9 Å². The third kappa shape index (κ3) is 6.48. The SMILES string of the molecule is Cl.NCC(CCl)COc1sncc1NC(=O)c1nc(-c2c(F)cccc2F)c(C(F)(F)F)cc1N. The Balaban J connectivity index is 0.00000432. The predicted octanol–water partition coefficient (Wildman–Crippen LogP) is 4.95. The van der Waals surface area contributed by atoms with E-state index in [9.17, 15) is 26.7 Å². The van der Waals surface area contributed by atoms with Gasteiger partial charge in [0.1, 0.15) is 17.3 Å². The average molecular weight is 558 g/mol. The first-order chi connectivity index (χ1) is 16.1. The lowest BCUT2D eigenvalue weighted by molar-refractivity contribution is -0.137. The third-order valence-electron chi connectivity index (χ3n) is 4.56. The first-order valence-electron chi connectivity index (χ1n) is 9.53. The normalized spacial score (nSPS) is 12.1. The number of carbonyl (C=O) groups is 1. The van der Waals surface area contributed by atoms with Crippen LogP contribution in [0.2, 0.25) is 0 Å². The van der Waals surface area contributed by atoms with Crippen LogP contribution in [0.5, 0.6) is 5.06 Å². The monoisotopic (exact) mass is 557 g/mol. The molecule has 1 aromatic carbocycles. The van der Waals surface area contributed by atoms with Crippen LogP contribution in [0.25, 0.3) is 11.3 Å². The number of nitrogens with one attached hydrogen (secondary N) is 1. The minimum atomic E-state index is -5.06. The fraction of sp³-hybridized carbons (Fsp3) is 0.250. The Morgan fingerprint density at radius 2 is 1.91 bits per heavy atom. The summed E-state index contributed by atoms with van der Waals surface area (Å²) >= 11 is 6.66. The van der Waals surface area contributed by atoms with Gasteiger partial charge in [0, 0.05) is 23.3 Å². The van der Waals surface area contributed by atoms with Crippen LogP contribution >= 0.6 is 35.5 Å². The van der Waals surface area contributed by atoms with E-state index in [1.54, 1.807) is 0 Å². The molecule has 15 heteroatoms. The first kappa shape index (κ1) is 28.5. The van der Waals surface area contributed by atoms with E-state index in [0.717, 1.165) is 29.7 Å². The zero-order valence-electron chi connectivity index (χ0n) is 17.5. The molecule has 0 aliphatic carbocycles. The summed E-state index contributed by atoms with van der Waals surface area (Å²) in [6.07, 6.45) is -3.81. The van der Waals surface area contributed by atoms with Crippen LogP contribution in [0.1, 0.15) is 16.1 Å². The number of benzene rings is 1. The number of alkyl halides is 4. The second kappa shape index (κ2) is 11.8. The summed E-state index contributed by atoms with van der Waals surface area (Å²) in [6.45, 7) is 0.383. The summed E-state index contributed by atoms with van der Waals surface area (Å²) in [7, 11) is 0. The van der Waals surface area contributed by atoms with Gasteiger partial charge in [0.15, 0.2) is 5.69 Å². The molecule has 0 bridgehead atoms. The van der Waals surface area contributed by atoms with Gasteiger partial charge in [0.05, 0.1) is 35.3 Å². The maximum Gasteiger partial charge on any atom is 0.418 e. The number of anilines is 2. The van der Waals surface area contributed by atoms with Crippen molar-refractivity contribution >= 4 is 52.8 Å². The minimum Gasteiger partial charge on any atom is -0.481 e.